The molecule has 2 aromatic rings. The molecule has 0 aliphatic carbocycles. The summed E-state index contributed by atoms with van der Waals surface area (Å²) in [5.41, 5.74) is 0.502. The lowest BCUT2D eigenvalue weighted by Gasteiger charge is -2.16. The van der Waals surface area contributed by atoms with Crippen LogP contribution in [0.5, 0.6) is 0 Å². The lowest BCUT2D eigenvalue weighted by Crippen LogP contribution is -2.23. The summed E-state index contributed by atoms with van der Waals surface area (Å²) in [7, 11) is 0. The zero-order valence-electron chi connectivity index (χ0n) is 10.4. The molecule has 19 heavy (non-hydrogen) atoms. The van der Waals surface area contributed by atoms with Crippen LogP contribution in [-0.2, 0) is 6.42 Å². The molecule has 1 atom stereocenters. The molecule has 2 rings (SSSR count). The molecule has 102 valence electrons. The molecule has 0 aliphatic heterocycles. The Morgan fingerprint density at radius 3 is 2.74 bits per heavy atom. The molecule has 0 radical (unpaired) electrons. The van der Waals surface area contributed by atoms with Crippen LogP contribution in [0.3, 0.4) is 0 Å². The van der Waals surface area contributed by atoms with Gasteiger partial charge in [-0.05, 0) is 53.2 Å². The van der Waals surface area contributed by atoms with Crippen molar-refractivity contribution in [2.24, 2.45) is 0 Å². The van der Waals surface area contributed by atoms with Gasteiger partial charge in [0.05, 0.1) is 6.04 Å². The normalized spacial score (nSPS) is 12.6. The van der Waals surface area contributed by atoms with E-state index in [9.17, 15) is 4.39 Å². The van der Waals surface area contributed by atoms with Crippen LogP contribution in [0, 0.1) is 5.82 Å². The van der Waals surface area contributed by atoms with Gasteiger partial charge >= 0.3 is 0 Å². The van der Waals surface area contributed by atoms with Gasteiger partial charge < -0.3 is 9.73 Å². The van der Waals surface area contributed by atoms with Crippen LogP contribution in [0.2, 0.25) is 5.02 Å². The fourth-order valence-electron chi connectivity index (χ4n) is 1.97. The molecule has 0 amide bonds. The Bertz CT molecular complexity index is 538. The lowest BCUT2D eigenvalue weighted by molar-refractivity contribution is 0.402. The standard InChI is InChI=1S/C14H14BrClFNO/c1-2-18-12(13-6-7-14(15)19-13)8-9-10(16)4-3-5-11(9)17/h3-7,12,18H,2,8H2,1H3. The van der Waals surface area contributed by atoms with Gasteiger partial charge in [0, 0.05) is 10.6 Å². The average Bonchev–Trinajstić information content (AvgIpc) is 2.79. The van der Waals surface area contributed by atoms with Crippen LogP contribution >= 0.6 is 27.5 Å². The minimum absolute atomic E-state index is 0.106. The highest BCUT2D eigenvalue weighted by atomic mass is 79.9. The molecule has 0 fully saturated rings. The molecule has 2 nitrogen and oxygen atoms in total. The van der Waals surface area contributed by atoms with E-state index in [-0.39, 0.29) is 11.9 Å². The maximum Gasteiger partial charge on any atom is 0.169 e. The van der Waals surface area contributed by atoms with Gasteiger partial charge in [-0.15, -0.1) is 0 Å². The van der Waals surface area contributed by atoms with Crippen LogP contribution in [0.15, 0.2) is 39.4 Å². The smallest absolute Gasteiger partial charge is 0.169 e. The maximum atomic E-state index is 13.8. The second kappa shape index (κ2) is 6.55. The Morgan fingerprint density at radius 2 is 2.16 bits per heavy atom. The molecule has 1 heterocycles. The van der Waals surface area contributed by atoms with E-state index in [2.05, 4.69) is 21.2 Å². The summed E-state index contributed by atoms with van der Waals surface area (Å²) in [5, 5.41) is 3.71. The van der Waals surface area contributed by atoms with E-state index in [1.165, 1.54) is 6.07 Å². The molecular formula is C14H14BrClFNO. The van der Waals surface area contributed by atoms with E-state index in [0.717, 1.165) is 12.3 Å². The predicted molar refractivity (Wildman–Crippen MR) is 77.9 cm³/mol. The molecule has 1 aromatic heterocycles. The molecule has 0 saturated heterocycles. The van der Waals surface area contributed by atoms with Crippen molar-refractivity contribution in [2.45, 2.75) is 19.4 Å². The van der Waals surface area contributed by atoms with Gasteiger partial charge in [-0.3, -0.25) is 0 Å². The summed E-state index contributed by atoms with van der Waals surface area (Å²) in [5.74, 6) is 0.467. The Kier molecular flexibility index (Phi) is 5.02. The SMILES string of the molecule is CCNC(Cc1c(F)cccc1Cl)c1ccc(Br)o1. The number of hydrogen-bond donors (Lipinski definition) is 1. The fourth-order valence-corrected chi connectivity index (χ4v) is 2.53. The second-order valence-corrected chi connectivity index (χ2v) is 5.35. The summed E-state index contributed by atoms with van der Waals surface area (Å²) in [6, 6.07) is 8.30. The van der Waals surface area contributed by atoms with Crippen LogP contribution in [-0.4, -0.2) is 6.54 Å². The Balaban J connectivity index is 2.26. The molecule has 1 unspecified atom stereocenters. The number of furan rings is 1. The quantitative estimate of drug-likeness (QED) is 0.847. The van der Waals surface area contributed by atoms with Crippen molar-refractivity contribution in [3.63, 3.8) is 0 Å². The molecule has 1 aromatic carbocycles. The third-order valence-corrected chi connectivity index (χ3v) is 3.64. The highest BCUT2D eigenvalue weighted by Gasteiger charge is 2.18. The van der Waals surface area contributed by atoms with Crippen LogP contribution in [0.25, 0.3) is 0 Å². The Hall–Kier alpha value is -0.840. The monoisotopic (exact) mass is 345 g/mol. The van der Waals surface area contributed by atoms with Gasteiger partial charge in [0.2, 0.25) is 0 Å². The molecule has 0 saturated carbocycles. The number of benzene rings is 1. The Morgan fingerprint density at radius 1 is 1.37 bits per heavy atom. The topological polar surface area (TPSA) is 25.2 Å². The highest BCUT2D eigenvalue weighted by Crippen LogP contribution is 2.27. The highest BCUT2D eigenvalue weighted by molar-refractivity contribution is 9.10. The van der Waals surface area contributed by atoms with E-state index < -0.39 is 0 Å². The van der Waals surface area contributed by atoms with Gasteiger partial charge in [0.1, 0.15) is 11.6 Å². The summed E-state index contributed by atoms with van der Waals surface area (Å²) in [4.78, 5) is 0. The maximum absolute atomic E-state index is 13.8. The van der Waals surface area contributed by atoms with Gasteiger partial charge in [-0.25, -0.2) is 4.39 Å². The van der Waals surface area contributed by atoms with Gasteiger partial charge in [-0.1, -0.05) is 24.6 Å². The number of hydrogen-bond acceptors (Lipinski definition) is 2. The first-order chi connectivity index (χ1) is 9.11. The second-order valence-electron chi connectivity index (χ2n) is 4.16. The fraction of sp³-hybridized carbons (Fsp3) is 0.286. The molecule has 0 bridgehead atoms. The first-order valence-corrected chi connectivity index (χ1v) is 7.20. The number of likely N-dealkylation sites (N-methyl/N-ethyl adjacent to an activating group) is 1. The number of rotatable bonds is 5. The first kappa shape index (κ1) is 14.6. The van der Waals surface area contributed by atoms with E-state index in [1.807, 2.05) is 19.1 Å². The average molecular weight is 347 g/mol. The minimum atomic E-state index is -0.291. The van der Waals surface area contributed by atoms with Crippen molar-refractivity contribution in [1.29, 1.82) is 0 Å². The zero-order valence-corrected chi connectivity index (χ0v) is 12.8. The van der Waals surface area contributed by atoms with Crippen LogP contribution < -0.4 is 5.32 Å². The Labute approximate surface area is 125 Å². The number of halogens is 3. The third kappa shape index (κ3) is 3.59. The van der Waals surface area contributed by atoms with Crippen molar-refractivity contribution in [2.75, 3.05) is 6.54 Å². The molecule has 1 N–H and O–H groups in total. The third-order valence-electron chi connectivity index (χ3n) is 2.86. The summed E-state index contributed by atoms with van der Waals surface area (Å²) in [6.45, 7) is 2.75. The molecule has 0 spiro atoms. The summed E-state index contributed by atoms with van der Waals surface area (Å²) in [6.07, 6.45) is 0.444. The molecular weight excluding hydrogens is 333 g/mol. The van der Waals surface area contributed by atoms with Crippen molar-refractivity contribution in [3.8, 4) is 0 Å². The van der Waals surface area contributed by atoms with Gasteiger partial charge in [0.25, 0.3) is 0 Å². The van der Waals surface area contributed by atoms with Crippen molar-refractivity contribution in [3.05, 3.63) is 57.2 Å². The largest absolute Gasteiger partial charge is 0.453 e. The first-order valence-electron chi connectivity index (χ1n) is 6.03. The zero-order chi connectivity index (χ0) is 13.8. The molecule has 5 heteroatoms. The van der Waals surface area contributed by atoms with E-state index in [4.69, 9.17) is 16.0 Å². The van der Waals surface area contributed by atoms with Crippen LogP contribution in [0.4, 0.5) is 4.39 Å². The lowest BCUT2D eigenvalue weighted by atomic mass is 10.0. The summed E-state index contributed by atoms with van der Waals surface area (Å²) < 4.78 is 20.0. The van der Waals surface area contributed by atoms with E-state index in [0.29, 0.717) is 21.7 Å². The molecule has 0 aliphatic rings. The summed E-state index contributed by atoms with van der Waals surface area (Å²) >= 11 is 9.33. The predicted octanol–water partition coefficient (Wildman–Crippen LogP) is 4.73. The van der Waals surface area contributed by atoms with Gasteiger partial charge in [0.15, 0.2) is 4.67 Å². The van der Waals surface area contributed by atoms with Crippen molar-refractivity contribution < 1.29 is 8.81 Å². The van der Waals surface area contributed by atoms with Crippen LogP contribution in [0.1, 0.15) is 24.3 Å². The minimum Gasteiger partial charge on any atom is -0.453 e. The van der Waals surface area contributed by atoms with Crippen molar-refractivity contribution in [1.82, 2.24) is 5.32 Å². The van der Waals surface area contributed by atoms with Crippen molar-refractivity contribution >= 4 is 27.5 Å². The van der Waals surface area contributed by atoms with E-state index in [1.54, 1.807) is 12.1 Å². The van der Waals surface area contributed by atoms with Gasteiger partial charge in [-0.2, -0.15) is 0 Å². The number of nitrogens with one attached hydrogen (secondary N) is 1. The van der Waals surface area contributed by atoms with E-state index >= 15 is 0 Å².